The second-order valence-corrected chi connectivity index (χ2v) is 5.54. The maximum atomic E-state index is 4.19. The summed E-state index contributed by atoms with van der Waals surface area (Å²) >= 11 is 3.45. The first-order valence-electron chi connectivity index (χ1n) is 6.06. The molecule has 0 spiro atoms. The maximum Gasteiger partial charge on any atom is 0.0531 e. The van der Waals surface area contributed by atoms with Crippen LogP contribution in [0.5, 0.6) is 0 Å². The molecule has 0 saturated carbocycles. The highest BCUT2D eigenvalue weighted by Crippen LogP contribution is 2.14. The molecular weight excluding hydrogens is 288 g/mol. The molecule has 2 aromatic rings. The summed E-state index contributed by atoms with van der Waals surface area (Å²) in [7, 11) is 0. The van der Waals surface area contributed by atoms with Crippen molar-refractivity contribution in [2.24, 2.45) is 0 Å². The van der Waals surface area contributed by atoms with Crippen molar-refractivity contribution in [3.8, 4) is 0 Å². The second kappa shape index (κ2) is 6.01. The predicted octanol–water partition coefficient (Wildman–Crippen LogP) is 4.20. The minimum absolute atomic E-state index is 0.384. The van der Waals surface area contributed by atoms with E-state index >= 15 is 0 Å². The molecule has 1 N–H and O–H groups in total. The third-order valence-corrected chi connectivity index (χ3v) is 3.27. The van der Waals surface area contributed by atoms with Crippen LogP contribution in [0.2, 0.25) is 0 Å². The number of rotatable bonds is 4. The first kappa shape index (κ1) is 13.1. The summed E-state index contributed by atoms with van der Waals surface area (Å²) in [5.74, 6) is 0. The van der Waals surface area contributed by atoms with Gasteiger partial charge in [0.2, 0.25) is 0 Å². The third kappa shape index (κ3) is 3.84. The maximum absolute atomic E-state index is 4.19. The lowest BCUT2D eigenvalue weighted by atomic mass is 10.1. The highest BCUT2D eigenvalue weighted by molar-refractivity contribution is 9.10. The summed E-state index contributed by atoms with van der Waals surface area (Å²) in [6.07, 6.45) is 4.73. The van der Waals surface area contributed by atoms with Crippen molar-refractivity contribution in [3.63, 3.8) is 0 Å². The summed E-state index contributed by atoms with van der Waals surface area (Å²) in [5, 5.41) is 3.47. The molecule has 1 atom stereocenters. The molecule has 0 bridgehead atoms. The summed E-state index contributed by atoms with van der Waals surface area (Å²) < 4.78 is 1.12. The zero-order valence-corrected chi connectivity index (χ0v) is 12.2. The van der Waals surface area contributed by atoms with E-state index < -0.39 is 0 Å². The number of hydrogen-bond donors (Lipinski definition) is 1. The molecule has 1 unspecified atom stereocenters. The zero-order chi connectivity index (χ0) is 13.0. The van der Waals surface area contributed by atoms with Crippen LogP contribution in [0.3, 0.4) is 0 Å². The predicted molar refractivity (Wildman–Crippen MR) is 79.9 cm³/mol. The Kier molecular flexibility index (Phi) is 4.37. The fourth-order valence-corrected chi connectivity index (χ4v) is 2.21. The van der Waals surface area contributed by atoms with Crippen LogP contribution in [0.25, 0.3) is 0 Å². The molecule has 0 amide bonds. The topological polar surface area (TPSA) is 24.9 Å². The molecule has 94 valence electrons. The molecule has 0 aliphatic carbocycles. The number of anilines is 1. The zero-order valence-electron chi connectivity index (χ0n) is 10.7. The van der Waals surface area contributed by atoms with Crippen LogP contribution >= 0.6 is 15.9 Å². The SMILES string of the molecule is Cc1cncc(NC(C)Cc2ccc(Br)cc2)c1. The Morgan fingerprint density at radius 2 is 1.94 bits per heavy atom. The van der Waals surface area contributed by atoms with E-state index in [0.717, 1.165) is 16.6 Å². The number of aromatic nitrogens is 1. The Hall–Kier alpha value is -1.35. The standard InChI is InChI=1S/C15H17BrN2/c1-11-7-15(10-17-9-11)18-12(2)8-13-3-5-14(16)6-4-13/h3-7,9-10,12,18H,8H2,1-2H3. The van der Waals surface area contributed by atoms with E-state index in [9.17, 15) is 0 Å². The first-order chi connectivity index (χ1) is 8.63. The van der Waals surface area contributed by atoms with E-state index in [1.165, 1.54) is 11.1 Å². The van der Waals surface area contributed by atoms with Crippen molar-refractivity contribution >= 4 is 21.6 Å². The van der Waals surface area contributed by atoms with Gasteiger partial charge in [-0.05, 0) is 49.6 Å². The van der Waals surface area contributed by atoms with Crippen molar-refractivity contribution in [3.05, 3.63) is 58.3 Å². The quantitative estimate of drug-likeness (QED) is 0.916. The summed E-state index contributed by atoms with van der Waals surface area (Å²) in [5.41, 5.74) is 3.59. The van der Waals surface area contributed by atoms with Gasteiger partial charge in [-0.3, -0.25) is 4.98 Å². The Morgan fingerprint density at radius 1 is 1.22 bits per heavy atom. The van der Waals surface area contributed by atoms with Crippen LogP contribution in [0, 0.1) is 6.92 Å². The van der Waals surface area contributed by atoms with Crippen molar-refractivity contribution < 1.29 is 0 Å². The van der Waals surface area contributed by atoms with Crippen LogP contribution in [0.4, 0.5) is 5.69 Å². The van der Waals surface area contributed by atoms with Crippen molar-refractivity contribution in [1.29, 1.82) is 0 Å². The number of hydrogen-bond acceptors (Lipinski definition) is 2. The van der Waals surface area contributed by atoms with E-state index in [-0.39, 0.29) is 0 Å². The van der Waals surface area contributed by atoms with Gasteiger partial charge in [0, 0.05) is 22.9 Å². The Morgan fingerprint density at radius 3 is 2.61 bits per heavy atom. The number of aryl methyl sites for hydroxylation is 1. The van der Waals surface area contributed by atoms with Crippen LogP contribution < -0.4 is 5.32 Å². The molecule has 1 aromatic carbocycles. The number of nitrogens with one attached hydrogen (secondary N) is 1. The molecule has 0 aliphatic rings. The van der Waals surface area contributed by atoms with Gasteiger partial charge in [-0.1, -0.05) is 28.1 Å². The van der Waals surface area contributed by atoms with Gasteiger partial charge < -0.3 is 5.32 Å². The second-order valence-electron chi connectivity index (χ2n) is 4.63. The minimum Gasteiger partial charge on any atom is -0.381 e. The van der Waals surface area contributed by atoms with Gasteiger partial charge in [0.05, 0.1) is 5.69 Å². The van der Waals surface area contributed by atoms with E-state index in [2.05, 4.69) is 70.4 Å². The van der Waals surface area contributed by atoms with E-state index in [4.69, 9.17) is 0 Å². The van der Waals surface area contributed by atoms with Gasteiger partial charge in [0.25, 0.3) is 0 Å². The van der Waals surface area contributed by atoms with Crippen molar-refractivity contribution in [2.45, 2.75) is 26.3 Å². The monoisotopic (exact) mass is 304 g/mol. The Balaban J connectivity index is 1.96. The average molecular weight is 305 g/mol. The molecule has 1 aromatic heterocycles. The molecule has 0 aliphatic heterocycles. The van der Waals surface area contributed by atoms with Crippen LogP contribution in [0.15, 0.2) is 47.2 Å². The van der Waals surface area contributed by atoms with Crippen LogP contribution in [-0.2, 0) is 6.42 Å². The van der Waals surface area contributed by atoms with Crippen LogP contribution in [-0.4, -0.2) is 11.0 Å². The highest BCUT2D eigenvalue weighted by Gasteiger charge is 2.04. The van der Waals surface area contributed by atoms with E-state index in [1.807, 2.05) is 12.4 Å². The normalized spacial score (nSPS) is 12.2. The molecule has 0 fully saturated rings. The Labute approximate surface area is 117 Å². The summed E-state index contributed by atoms with van der Waals surface area (Å²) in [6, 6.07) is 11.0. The molecular formula is C15H17BrN2. The smallest absolute Gasteiger partial charge is 0.0531 e. The van der Waals surface area contributed by atoms with Gasteiger partial charge in [-0.25, -0.2) is 0 Å². The third-order valence-electron chi connectivity index (χ3n) is 2.74. The summed E-state index contributed by atoms with van der Waals surface area (Å²) in [6.45, 7) is 4.24. The molecule has 3 heteroatoms. The van der Waals surface area contributed by atoms with Gasteiger partial charge in [0.15, 0.2) is 0 Å². The number of halogens is 1. The molecule has 0 saturated heterocycles. The van der Waals surface area contributed by atoms with Gasteiger partial charge in [-0.2, -0.15) is 0 Å². The molecule has 18 heavy (non-hydrogen) atoms. The number of benzene rings is 1. The largest absolute Gasteiger partial charge is 0.381 e. The summed E-state index contributed by atoms with van der Waals surface area (Å²) in [4.78, 5) is 4.19. The van der Waals surface area contributed by atoms with Gasteiger partial charge in [-0.15, -0.1) is 0 Å². The van der Waals surface area contributed by atoms with Gasteiger partial charge >= 0.3 is 0 Å². The molecule has 1 heterocycles. The molecule has 2 nitrogen and oxygen atoms in total. The van der Waals surface area contributed by atoms with E-state index in [0.29, 0.717) is 6.04 Å². The molecule has 0 radical (unpaired) electrons. The van der Waals surface area contributed by atoms with Crippen molar-refractivity contribution in [2.75, 3.05) is 5.32 Å². The number of nitrogens with zero attached hydrogens (tertiary/aromatic N) is 1. The minimum atomic E-state index is 0.384. The highest BCUT2D eigenvalue weighted by atomic mass is 79.9. The van der Waals surface area contributed by atoms with Gasteiger partial charge in [0.1, 0.15) is 0 Å². The van der Waals surface area contributed by atoms with E-state index in [1.54, 1.807) is 0 Å². The average Bonchev–Trinajstić information content (AvgIpc) is 2.32. The lowest BCUT2D eigenvalue weighted by Crippen LogP contribution is -2.18. The molecule has 2 rings (SSSR count). The fraction of sp³-hybridized carbons (Fsp3) is 0.267. The number of pyridine rings is 1. The first-order valence-corrected chi connectivity index (χ1v) is 6.85. The Bertz CT molecular complexity index is 508. The fourth-order valence-electron chi connectivity index (χ4n) is 1.94. The lowest BCUT2D eigenvalue weighted by Gasteiger charge is -2.15. The van der Waals surface area contributed by atoms with Crippen LogP contribution in [0.1, 0.15) is 18.1 Å². The van der Waals surface area contributed by atoms with Crippen molar-refractivity contribution in [1.82, 2.24) is 4.98 Å². The lowest BCUT2D eigenvalue weighted by molar-refractivity contribution is 0.789.